The van der Waals surface area contributed by atoms with Gasteiger partial charge in [-0.2, -0.15) is 0 Å². The van der Waals surface area contributed by atoms with Gasteiger partial charge in [-0.15, -0.1) is 13.2 Å². The number of alkyl halides is 3. The lowest BCUT2D eigenvalue weighted by Gasteiger charge is -2.29. The molecule has 0 bridgehead atoms. The summed E-state index contributed by atoms with van der Waals surface area (Å²) < 4.78 is 40.7. The standard InChI is InChI=1S/C21H21F3N2O5/c1-25(30-13-14-5-3-2-4-6-14)20(29)18-17(27)11-12-26(18)19(28)15-7-9-16(10-8-15)31-21(22,23)24/h2-10,17-18,27H,11-13H2,1H3/t17-,18?/m1/s1. The molecule has 7 nitrogen and oxygen atoms in total. The van der Waals surface area contributed by atoms with Crippen LogP contribution in [0.2, 0.25) is 0 Å². The van der Waals surface area contributed by atoms with Crippen LogP contribution in [0.1, 0.15) is 22.3 Å². The number of carbonyl (C=O) groups excluding carboxylic acids is 2. The van der Waals surface area contributed by atoms with Crippen LogP contribution in [-0.4, -0.2) is 59.0 Å². The number of ether oxygens (including phenoxy) is 1. The molecule has 1 fully saturated rings. The number of halogens is 3. The highest BCUT2D eigenvalue weighted by Crippen LogP contribution is 2.26. The Morgan fingerprint density at radius 2 is 1.77 bits per heavy atom. The second kappa shape index (κ2) is 9.36. The van der Waals surface area contributed by atoms with Crippen molar-refractivity contribution in [1.82, 2.24) is 9.96 Å². The lowest BCUT2D eigenvalue weighted by Crippen LogP contribution is -2.50. The molecule has 1 unspecified atom stereocenters. The van der Waals surface area contributed by atoms with E-state index in [0.717, 1.165) is 22.8 Å². The smallest absolute Gasteiger partial charge is 0.406 e. The fourth-order valence-corrected chi connectivity index (χ4v) is 3.26. The van der Waals surface area contributed by atoms with Crippen LogP contribution in [0.3, 0.4) is 0 Å². The van der Waals surface area contributed by atoms with Gasteiger partial charge < -0.3 is 14.7 Å². The van der Waals surface area contributed by atoms with E-state index in [1.54, 1.807) is 0 Å². The molecule has 1 saturated heterocycles. The van der Waals surface area contributed by atoms with Crippen molar-refractivity contribution in [2.24, 2.45) is 0 Å². The molecule has 2 atom stereocenters. The quantitative estimate of drug-likeness (QED) is 0.702. The van der Waals surface area contributed by atoms with Gasteiger partial charge in [-0.1, -0.05) is 30.3 Å². The van der Waals surface area contributed by atoms with Crippen LogP contribution in [0.25, 0.3) is 0 Å². The molecule has 1 aliphatic heterocycles. The van der Waals surface area contributed by atoms with Gasteiger partial charge in [0.25, 0.3) is 11.8 Å². The Balaban J connectivity index is 1.67. The summed E-state index contributed by atoms with van der Waals surface area (Å²) in [6.07, 6.45) is -5.75. The molecular formula is C21H21F3N2O5. The van der Waals surface area contributed by atoms with Crippen LogP contribution in [0.5, 0.6) is 5.75 Å². The van der Waals surface area contributed by atoms with Crippen molar-refractivity contribution >= 4 is 11.8 Å². The minimum Gasteiger partial charge on any atom is -0.406 e. The molecule has 1 aliphatic rings. The first kappa shape index (κ1) is 22.6. The first-order valence-electron chi connectivity index (χ1n) is 9.45. The zero-order valence-corrected chi connectivity index (χ0v) is 16.6. The van der Waals surface area contributed by atoms with Crippen LogP contribution in [0.4, 0.5) is 13.2 Å². The summed E-state index contributed by atoms with van der Waals surface area (Å²) in [5.74, 6) is -1.66. The van der Waals surface area contributed by atoms with Gasteiger partial charge in [0.05, 0.1) is 6.10 Å². The van der Waals surface area contributed by atoms with E-state index >= 15 is 0 Å². The van der Waals surface area contributed by atoms with Crippen LogP contribution in [-0.2, 0) is 16.2 Å². The molecule has 0 saturated carbocycles. The Morgan fingerprint density at radius 3 is 2.39 bits per heavy atom. The highest BCUT2D eigenvalue weighted by molar-refractivity contribution is 5.98. The number of aliphatic hydroxyl groups excluding tert-OH is 1. The molecule has 166 valence electrons. The average molecular weight is 438 g/mol. The molecule has 10 heteroatoms. The van der Waals surface area contributed by atoms with Crippen molar-refractivity contribution in [3.63, 3.8) is 0 Å². The summed E-state index contributed by atoms with van der Waals surface area (Å²) in [5.41, 5.74) is 0.900. The second-order valence-corrected chi connectivity index (χ2v) is 6.97. The number of nitrogens with zero attached hydrogens (tertiary/aromatic N) is 2. The Hall–Kier alpha value is -3.11. The van der Waals surface area contributed by atoms with Gasteiger partial charge in [-0.05, 0) is 36.2 Å². The van der Waals surface area contributed by atoms with E-state index in [1.165, 1.54) is 24.1 Å². The fourth-order valence-electron chi connectivity index (χ4n) is 3.26. The summed E-state index contributed by atoms with van der Waals surface area (Å²) >= 11 is 0. The fraction of sp³-hybridized carbons (Fsp3) is 0.333. The first-order chi connectivity index (χ1) is 14.7. The van der Waals surface area contributed by atoms with E-state index in [1.807, 2.05) is 30.3 Å². The number of amides is 2. The van der Waals surface area contributed by atoms with Crippen molar-refractivity contribution in [2.75, 3.05) is 13.6 Å². The largest absolute Gasteiger partial charge is 0.573 e. The number of likely N-dealkylation sites (N-methyl/N-ethyl adjacent to an activating group) is 1. The number of benzene rings is 2. The van der Waals surface area contributed by atoms with Crippen LogP contribution < -0.4 is 4.74 Å². The number of rotatable bonds is 6. The molecule has 3 rings (SSSR count). The van der Waals surface area contributed by atoms with E-state index in [9.17, 15) is 27.9 Å². The molecule has 0 radical (unpaired) electrons. The Bertz CT molecular complexity index is 905. The van der Waals surface area contributed by atoms with Crippen LogP contribution in [0, 0.1) is 0 Å². The minimum atomic E-state index is -4.84. The minimum absolute atomic E-state index is 0.0641. The number of carbonyl (C=O) groups is 2. The maximum Gasteiger partial charge on any atom is 0.573 e. The molecule has 2 aromatic rings. The van der Waals surface area contributed by atoms with Crippen molar-refractivity contribution in [3.05, 3.63) is 65.7 Å². The number of hydrogen-bond donors (Lipinski definition) is 1. The number of hydroxylamine groups is 2. The van der Waals surface area contributed by atoms with Crippen molar-refractivity contribution in [2.45, 2.75) is 31.5 Å². The molecule has 2 aromatic carbocycles. The van der Waals surface area contributed by atoms with E-state index in [-0.39, 0.29) is 25.1 Å². The molecule has 0 aliphatic carbocycles. The van der Waals surface area contributed by atoms with Gasteiger partial charge in [0.15, 0.2) is 0 Å². The molecular weight excluding hydrogens is 417 g/mol. The third kappa shape index (κ3) is 5.74. The Morgan fingerprint density at radius 1 is 1.13 bits per heavy atom. The first-order valence-corrected chi connectivity index (χ1v) is 9.45. The highest BCUT2D eigenvalue weighted by atomic mass is 19.4. The highest BCUT2D eigenvalue weighted by Gasteiger charge is 2.43. The predicted molar refractivity (Wildman–Crippen MR) is 103 cm³/mol. The summed E-state index contributed by atoms with van der Waals surface area (Å²) in [6.45, 7) is 0.240. The molecule has 0 spiro atoms. The summed E-state index contributed by atoms with van der Waals surface area (Å²) in [4.78, 5) is 32.3. The van der Waals surface area contributed by atoms with Crippen LogP contribution in [0.15, 0.2) is 54.6 Å². The third-order valence-corrected chi connectivity index (χ3v) is 4.79. The van der Waals surface area contributed by atoms with Gasteiger partial charge in [0.1, 0.15) is 18.4 Å². The van der Waals surface area contributed by atoms with Crippen molar-refractivity contribution < 1.29 is 37.4 Å². The van der Waals surface area contributed by atoms with Gasteiger partial charge in [-0.25, -0.2) is 5.06 Å². The van der Waals surface area contributed by atoms with E-state index in [2.05, 4.69) is 4.74 Å². The van der Waals surface area contributed by atoms with E-state index in [4.69, 9.17) is 4.84 Å². The zero-order valence-electron chi connectivity index (χ0n) is 16.6. The zero-order chi connectivity index (χ0) is 22.6. The SMILES string of the molecule is CN(OCc1ccccc1)C(=O)C1[C@H](O)CCN1C(=O)c1ccc(OC(F)(F)F)cc1. The molecule has 0 aromatic heterocycles. The number of likely N-dealkylation sites (tertiary alicyclic amines) is 1. The van der Waals surface area contributed by atoms with Gasteiger partial charge in [0.2, 0.25) is 0 Å². The van der Waals surface area contributed by atoms with E-state index < -0.39 is 36.1 Å². The van der Waals surface area contributed by atoms with Crippen molar-refractivity contribution in [1.29, 1.82) is 0 Å². The lowest BCUT2D eigenvalue weighted by atomic mass is 10.1. The molecule has 1 heterocycles. The Kier molecular flexibility index (Phi) is 6.81. The van der Waals surface area contributed by atoms with Gasteiger partial charge in [0, 0.05) is 19.2 Å². The van der Waals surface area contributed by atoms with Crippen molar-refractivity contribution in [3.8, 4) is 5.75 Å². The second-order valence-electron chi connectivity index (χ2n) is 6.97. The predicted octanol–water partition coefficient (Wildman–Crippen LogP) is 2.75. The Labute approximate surface area is 176 Å². The maximum absolute atomic E-state index is 12.8. The summed E-state index contributed by atoms with van der Waals surface area (Å²) in [6, 6.07) is 12.3. The monoisotopic (exact) mass is 438 g/mol. The average Bonchev–Trinajstić information content (AvgIpc) is 3.12. The molecule has 1 N–H and O–H groups in total. The van der Waals surface area contributed by atoms with Crippen LogP contribution >= 0.6 is 0 Å². The summed E-state index contributed by atoms with van der Waals surface area (Å²) in [5, 5.41) is 11.3. The number of hydrogen-bond acceptors (Lipinski definition) is 5. The normalized spacial score (nSPS) is 18.7. The number of aliphatic hydroxyl groups is 1. The third-order valence-electron chi connectivity index (χ3n) is 4.79. The topological polar surface area (TPSA) is 79.3 Å². The van der Waals surface area contributed by atoms with Gasteiger partial charge >= 0.3 is 6.36 Å². The summed E-state index contributed by atoms with van der Waals surface area (Å²) in [7, 11) is 1.39. The van der Waals surface area contributed by atoms with Gasteiger partial charge in [-0.3, -0.25) is 14.4 Å². The maximum atomic E-state index is 12.8. The van der Waals surface area contributed by atoms with E-state index in [0.29, 0.717) is 0 Å². The molecule has 31 heavy (non-hydrogen) atoms. The lowest BCUT2D eigenvalue weighted by molar-refractivity contribution is -0.274. The molecule has 2 amide bonds.